The molecule has 16 nitrogen and oxygen atoms in total. The Morgan fingerprint density at radius 2 is 0.814 bits per heavy atom. The lowest BCUT2D eigenvalue weighted by molar-refractivity contribution is -0.130. The molecule has 1 amide bonds. The Morgan fingerprint density at radius 1 is 0.500 bits per heavy atom. The SMILES string of the molecule is C1CCC(NC2CCCCC2)CC1.C1CCC(NC2CCCCC2)CC1.C1CCC(NC2CCCCC2)CC1.O=C(O)C1=NN(c2ccccc2S(=O)(=O)O)C(=O)C1N=Nc1ccccc1S(=O)(=O)O. The maximum Gasteiger partial charge on any atom is 0.355 e. The van der Waals surface area contributed by atoms with Crippen LogP contribution in [0.1, 0.15) is 193 Å². The first-order valence-corrected chi connectivity index (χ1v) is 29.6. The van der Waals surface area contributed by atoms with Crippen LogP contribution in [0.25, 0.3) is 0 Å². The summed E-state index contributed by atoms with van der Waals surface area (Å²) in [6.07, 6.45) is 43.7. The van der Waals surface area contributed by atoms with E-state index in [1.807, 2.05) is 0 Å². The van der Waals surface area contributed by atoms with Gasteiger partial charge in [0.15, 0.2) is 5.71 Å². The minimum absolute atomic E-state index is 0.376. The normalized spacial score (nSPS) is 23.1. The summed E-state index contributed by atoms with van der Waals surface area (Å²) in [5.74, 6) is -2.80. The molecule has 2 aromatic rings. The van der Waals surface area contributed by atoms with Gasteiger partial charge in [-0.3, -0.25) is 13.9 Å². The molecule has 70 heavy (non-hydrogen) atoms. The van der Waals surface area contributed by atoms with Crippen molar-refractivity contribution in [3.63, 3.8) is 0 Å². The van der Waals surface area contributed by atoms with Crippen molar-refractivity contribution in [2.24, 2.45) is 15.3 Å². The topological polar surface area (TPSA) is 240 Å². The van der Waals surface area contributed by atoms with Crippen molar-refractivity contribution >= 4 is 49.2 Å². The molecule has 18 heteroatoms. The Hall–Kier alpha value is -3.65. The van der Waals surface area contributed by atoms with Gasteiger partial charge in [-0.15, -0.1) is 0 Å². The van der Waals surface area contributed by atoms with Crippen molar-refractivity contribution in [1.82, 2.24) is 16.0 Å². The predicted octanol–water partition coefficient (Wildman–Crippen LogP) is 10.8. The van der Waals surface area contributed by atoms with Crippen molar-refractivity contribution in [2.75, 3.05) is 5.01 Å². The smallest absolute Gasteiger partial charge is 0.355 e. The molecule has 0 bridgehead atoms. The predicted molar refractivity (Wildman–Crippen MR) is 274 cm³/mol. The summed E-state index contributed by atoms with van der Waals surface area (Å²) in [4.78, 5) is 23.0. The number of hydrogen-bond donors (Lipinski definition) is 6. The van der Waals surface area contributed by atoms with Crippen molar-refractivity contribution < 1.29 is 40.6 Å². The van der Waals surface area contributed by atoms with Crippen LogP contribution in [0.5, 0.6) is 0 Å². The van der Waals surface area contributed by atoms with Gasteiger partial charge in [0.25, 0.3) is 26.1 Å². The molecule has 2 aromatic carbocycles. The molecule has 6 aliphatic carbocycles. The Bertz CT molecular complexity index is 2080. The third-order valence-corrected chi connectivity index (χ3v) is 16.8. The van der Waals surface area contributed by atoms with Crippen LogP contribution in [0.4, 0.5) is 11.4 Å². The van der Waals surface area contributed by atoms with Gasteiger partial charge in [0.2, 0.25) is 6.04 Å². The van der Waals surface area contributed by atoms with Crippen LogP contribution in [-0.4, -0.2) is 90.9 Å². The second kappa shape index (κ2) is 28.6. The van der Waals surface area contributed by atoms with Crippen LogP contribution in [0.3, 0.4) is 0 Å². The second-order valence-electron chi connectivity index (χ2n) is 20.5. The molecule has 1 atom stereocenters. The van der Waals surface area contributed by atoms with E-state index >= 15 is 0 Å². The number of azo groups is 1. The lowest BCUT2D eigenvalue weighted by Crippen LogP contribution is -2.40. The monoisotopic (exact) mass is 1010 g/mol. The number of benzene rings is 2. The Balaban J connectivity index is 0.000000170. The maximum atomic E-state index is 12.8. The van der Waals surface area contributed by atoms with Crippen LogP contribution in [0.2, 0.25) is 0 Å². The van der Waals surface area contributed by atoms with Gasteiger partial charge < -0.3 is 21.1 Å². The van der Waals surface area contributed by atoms with Crippen molar-refractivity contribution in [3.05, 3.63) is 48.5 Å². The van der Waals surface area contributed by atoms with E-state index in [1.165, 1.54) is 217 Å². The first kappa shape index (κ1) is 55.7. The van der Waals surface area contributed by atoms with E-state index < -0.39 is 59.3 Å². The summed E-state index contributed by atoms with van der Waals surface area (Å²) in [5.41, 5.74) is -1.63. The molecule has 0 radical (unpaired) electrons. The number of para-hydroxylation sites is 1. The molecule has 0 spiro atoms. The highest BCUT2D eigenvalue weighted by atomic mass is 32.2. The van der Waals surface area contributed by atoms with Gasteiger partial charge in [-0.1, -0.05) is 140 Å². The summed E-state index contributed by atoms with van der Waals surface area (Å²) >= 11 is 0. The number of anilines is 1. The summed E-state index contributed by atoms with van der Waals surface area (Å²) in [7, 11) is -9.47. The van der Waals surface area contributed by atoms with Crippen LogP contribution in [0.15, 0.2) is 73.7 Å². The molecule has 0 saturated heterocycles. The van der Waals surface area contributed by atoms with Crippen molar-refractivity contribution in [3.8, 4) is 0 Å². The number of amides is 1. The van der Waals surface area contributed by atoms with Crippen molar-refractivity contribution in [1.29, 1.82) is 0 Å². The summed E-state index contributed by atoms with van der Waals surface area (Å²) in [5, 5.41) is 32.1. The molecule has 9 rings (SSSR count). The van der Waals surface area contributed by atoms with E-state index in [9.17, 15) is 40.6 Å². The van der Waals surface area contributed by atoms with Crippen molar-refractivity contribution in [2.45, 2.75) is 245 Å². The number of nitrogens with zero attached hydrogens (tertiary/aromatic N) is 4. The highest BCUT2D eigenvalue weighted by Crippen LogP contribution is 2.31. The average Bonchev–Trinajstić information content (AvgIpc) is 3.71. The standard InChI is InChI=1S/C16H12N4O9S2.3C12H23N/c21-15-13(18-17-9-5-1-3-7-11(9)30(24,25)26)14(16(22)23)19-20(15)10-6-2-4-8-12(10)31(27,28)29;3*1-3-7-11(8-4-1)13-12-9-5-2-6-10-12/h1-8,13H,(H,22,23)(H,24,25,26)(H,27,28,29);3*11-13H,1-10H2. The van der Waals surface area contributed by atoms with Crippen LogP contribution in [0, 0.1) is 0 Å². The third-order valence-electron chi connectivity index (χ3n) is 15.0. The van der Waals surface area contributed by atoms with E-state index in [2.05, 4.69) is 31.3 Å². The molecule has 1 heterocycles. The average molecular weight is 1010 g/mol. The number of rotatable bonds is 12. The van der Waals surface area contributed by atoms with Gasteiger partial charge in [0.05, 0.1) is 5.69 Å². The fourth-order valence-corrected chi connectivity index (χ4v) is 12.5. The lowest BCUT2D eigenvalue weighted by atomic mass is 9.91. The summed E-state index contributed by atoms with van der Waals surface area (Å²) in [6, 6.07) is 12.9. The number of nitrogens with one attached hydrogen (secondary N) is 3. The number of carboxylic acid groups (broad SMARTS) is 1. The molecule has 1 aliphatic heterocycles. The molecule has 6 fully saturated rings. The molecule has 390 valence electrons. The largest absolute Gasteiger partial charge is 0.477 e. The van der Waals surface area contributed by atoms with Gasteiger partial charge in [0, 0.05) is 36.3 Å². The molecule has 7 aliphatic rings. The van der Waals surface area contributed by atoms with Gasteiger partial charge in [-0.05, 0) is 101 Å². The fourth-order valence-electron chi connectivity index (χ4n) is 11.2. The minimum Gasteiger partial charge on any atom is -0.477 e. The highest BCUT2D eigenvalue weighted by Gasteiger charge is 2.42. The number of carbonyl (C=O) groups is 2. The zero-order valence-corrected chi connectivity index (χ0v) is 42.9. The Kier molecular flexibility index (Phi) is 22.7. The van der Waals surface area contributed by atoms with Crippen LogP contribution >= 0.6 is 0 Å². The van der Waals surface area contributed by atoms with Gasteiger partial charge in [0.1, 0.15) is 15.5 Å². The highest BCUT2D eigenvalue weighted by molar-refractivity contribution is 7.86. The fraction of sp³-hybridized carbons (Fsp3) is 0.712. The maximum absolute atomic E-state index is 12.8. The third kappa shape index (κ3) is 18.1. The lowest BCUT2D eigenvalue weighted by Gasteiger charge is -2.30. The van der Waals surface area contributed by atoms with Crippen LogP contribution < -0.4 is 21.0 Å². The number of hydrazone groups is 1. The van der Waals surface area contributed by atoms with E-state index in [-0.39, 0.29) is 5.69 Å². The van der Waals surface area contributed by atoms with E-state index in [1.54, 1.807) is 0 Å². The Labute approximate surface area is 417 Å². The molecule has 1 unspecified atom stereocenters. The molecular weight excluding hydrogens is 931 g/mol. The quantitative estimate of drug-likeness (QED) is 0.0860. The van der Waals surface area contributed by atoms with E-state index in [0.717, 1.165) is 60.5 Å². The number of aliphatic carboxylic acids is 1. The first-order chi connectivity index (χ1) is 33.8. The molecule has 6 saturated carbocycles. The molecular formula is C52H81N7O9S2. The zero-order valence-electron chi connectivity index (χ0n) is 41.3. The number of hydrogen-bond acceptors (Lipinski definition) is 12. The minimum atomic E-state index is -4.79. The van der Waals surface area contributed by atoms with Gasteiger partial charge in [-0.2, -0.15) is 37.2 Å². The summed E-state index contributed by atoms with van der Waals surface area (Å²) < 4.78 is 64.7. The number of carbonyl (C=O) groups excluding carboxylic acids is 1. The second-order valence-corrected chi connectivity index (χ2v) is 23.2. The Morgan fingerprint density at radius 3 is 1.14 bits per heavy atom. The van der Waals surface area contributed by atoms with E-state index in [0.29, 0.717) is 5.01 Å². The molecule has 0 aromatic heterocycles. The van der Waals surface area contributed by atoms with Gasteiger partial charge in [-0.25, -0.2) is 4.79 Å². The zero-order chi connectivity index (χ0) is 49.8. The molecule has 6 N–H and O–H groups in total. The first-order valence-electron chi connectivity index (χ1n) is 26.7. The van der Waals surface area contributed by atoms with Crippen LogP contribution in [-0.2, 0) is 29.8 Å². The van der Waals surface area contributed by atoms with E-state index in [4.69, 9.17) is 0 Å². The van der Waals surface area contributed by atoms with Gasteiger partial charge >= 0.3 is 5.97 Å². The number of carboxylic acids is 1. The summed E-state index contributed by atoms with van der Waals surface area (Å²) in [6.45, 7) is 0.